The molecule has 0 amide bonds. The molecule has 325 valence electrons. The van der Waals surface area contributed by atoms with E-state index in [2.05, 4.69) is 112 Å². The molecule has 11 aromatic rings. The summed E-state index contributed by atoms with van der Waals surface area (Å²) in [6.45, 7) is 12.8. The van der Waals surface area contributed by atoms with Crippen molar-refractivity contribution in [3.05, 3.63) is 174 Å². The maximum Gasteiger partial charge on any atom is 0.228 e. The normalized spacial score (nSPS) is 12.7. The molecule has 0 bridgehead atoms. The number of pyridine rings is 1. The maximum atomic E-state index is 8.62. The number of para-hydroxylation sites is 2. The van der Waals surface area contributed by atoms with E-state index in [0.717, 1.165) is 66.8 Å². The first kappa shape index (κ1) is 39.8. The first-order chi connectivity index (χ1) is 32.2. The number of aromatic nitrogens is 5. The molecule has 5 heterocycles. The molecular formula is C57H49IrN5O2-2. The molecule has 0 unspecified atom stereocenters. The fourth-order valence-electron chi connectivity index (χ4n) is 8.52. The van der Waals surface area contributed by atoms with Crippen molar-refractivity contribution in [1.82, 2.24) is 24.5 Å². The van der Waals surface area contributed by atoms with Crippen LogP contribution in [-0.4, -0.2) is 24.5 Å². The van der Waals surface area contributed by atoms with Gasteiger partial charge in [0, 0.05) is 52.6 Å². The average Bonchev–Trinajstić information content (AvgIpc) is 4.01. The van der Waals surface area contributed by atoms with Crippen LogP contribution in [0.4, 0.5) is 0 Å². The molecule has 5 aromatic heterocycles. The van der Waals surface area contributed by atoms with E-state index in [1.54, 1.807) is 12.1 Å². The first-order valence-electron chi connectivity index (χ1n) is 23.3. The second-order valence-corrected chi connectivity index (χ2v) is 17.9. The van der Waals surface area contributed by atoms with Crippen LogP contribution < -0.4 is 0 Å². The number of rotatable bonds is 6. The number of hydrogen-bond acceptors (Lipinski definition) is 6. The SMILES string of the molecule is CC(C)(C)c1ccnc(-c2[c-]cccc2)n1.[2H]C([2H])([2H])c1cccc2nc(-c3[c-]ccc4c3oc3cc5c(nc34)oc3ccccc35)n(-c3c(C(C)C)cc(-c4ccccc4)cc3C(C)C)c12.[Ir]. The van der Waals surface area contributed by atoms with Gasteiger partial charge in [0.15, 0.2) is 0 Å². The second kappa shape index (κ2) is 17.3. The predicted molar refractivity (Wildman–Crippen MR) is 261 cm³/mol. The zero-order valence-corrected chi connectivity index (χ0v) is 39.7. The average molecular weight is 1030 g/mol. The Labute approximate surface area is 397 Å². The summed E-state index contributed by atoms with van der Waals surface area (Å²) in [5.74, 6) is 1.50. The Hall–Kier alpha value is -6.73. The standard InChI is InChI=1S/C43H34N3O2.C14H15N2.Ir/c1-24(2)32-21-28(27-14-7-6-8-15-27)22-33(25(3)4)40(32)46-39-26(5)13-11-19-35(39)44-42(46)31-18-12-17-30-38-37(47-41(30)31)23-34-29-16-9-10-20-36(29)48-43(34)45-38;1-14(2,3)12-9-10-15-13(16-12)11-7-5-4-6-8-11;/h6-17,19-25H,1-5H3;4-7,9-10H,1-3H3;/q2*-1;/i5D3;;. The van der Waals surface area contributed by atoms with Gasteiger partial charge in [-0.25, -0.2) is 4.98 Å². The summed E-state index contributed by atoms with van der Waals surface area (Å²) in [5, 5.41) is 2.64. The molecule has 7 nitrogen and oxygen atoms in total. The minimum atomic E-state index is -2.38. The van der Waals surface area contributed by atoms with Crippen molar-refractivity contribution in [2.45, 2.75) is 72.6 Å². The number of fused-ring (bicyclic) bond motifs is 7. The number of nitrogens with zero attached hydrogens (tertiary/aromatic N) is 5. The molecule has 0 aliphatic heterocycles. The summed E-state index contributed by atoms with van der Waals surface area (Å²) in [6, 6.07) is 50.2. The van der Waals surface area contributed by atoms with Gasteiger partial charge >= 0.3 is 0 Å². The van der Waals surface area contributed by atoms with Crippen LogP contribution in [0.15, 0.2) is 148 Å². The van der Waals surface area contributed by atoms with Crippen LogP contribution in [0.5, 0.6) is 0 Å². The van der Waals surface area contributed by atoms with Gasteiger partial charge in [0.25, 0.3) is 0 Å². The molecule has 6 aromatic carbocycles. The number of benzene rings is 6. The predicted octanol–water partition coefficient (Wildman–Crippen LogP) is 15.1. The fourth-order valence-corrected chi connectivity index (χ4v) is 8.52. The van der Waals surface area contributed by atoms with Crippen molar-refractivity contribution in [2.24, 2.45) is 0 Å². The van der Waals surface area contributed by atoms with Gasteiger partial charge in [-0.3, -0.25) is 15.0 Å². The van der Waals surface area contributed by atoms with Crippen molar-refractivity contribution in [2.75, 3.05) is 0 Å². The first-order valence-corrected chi connectivity index (χ1v) is 21.8. The van der Waals surface area contributed by atoms with Gasteiger partial charge in [0.05, 0.1) is 33.7 Å². The van der Waals surface area contributed by atoms with Gasteiger partial charge in [-0.05, 0) is 88.3 Å². The van der Waals surface area contributed by atoms with E-state index in [-0.39, 0.29) is 42.9 Å². The third-order valence-electron chi connectivity index (χ3n) is 11.8. The molecule has 0 aliphatic rings. The van der Waals surface area contributed by atoms with E-state index >= 15 is 0 Å². The molecule has 0 saturated carbocycles. The van der Waals surface area contributed by atoms with Crippen LogP contribution >= 0.6 is 0 Å². The van der Waals surface area contributed by atoms with Crippen LogP contribution in [0.25, 0.3) is 94.8 Å². The van der Waals surface area contributed by atoms with Crippen molar-refractivity contribution in [1.29, 1.82) is 0 Å². The largest absolute Gasteiger partial charge is 0.499 e. The summed E-state index contributed by atoms with van der Waals surface area (Å²) in [7, 11) is 0. The smallest absolute Gasteiger partial charge is 0.228 e. The van der Waals surface area contributed by atoms with Gasteiger partial charge < -0.3 is 13.4 Å². The third-order valence-corrected chi connectivity index (χ3v) is 11.8. The Balaban J connectivity index is 0.000000289. The summed E-state index contributed by atoms with van der Waals surface area (Å²) in [4.78, 5) is 19.0. The minimum Gasteiger partial charge on any atom is -0.499 e. The molecule has 65 heavy (non-hydrogen) atoms. The summed E-state index contributed by atoms with van der Waals surface area (Å²) >= 11 is 0. The van der Waals surface area contributed by atoms with Gasteiger partial charge in [-0.2, -0.15) is 0 Å². The number of furan rings is 2. The van der Waals surface area contributed by atoms with Crippen molar-refractivity contribution < 1.29 is 33.1 Å². The Morgan fingerprint density at radius 2 is 1.42 bits per heavy atom. The van der Waals surface area contributed by atoms with Gasteiger partial charge in [0.1, 0.15) is 16.7 Å². The zero-order chi connectivity index (χ0) is 46.8. The van der Waals surface area contributed by atoms with E-state index in [9.17, 15) is 0 Å². The molecule has 11 rings (SSSR count). The second-order valence-electron chi connectivity index (χ2n) is 17.9. The van der Waals surface area contributed by atoms with Crippen molar-refractivity contribution >= 4 is 55.2 Å². The third kappa shape index (κ3) is 7.96. The van der Waals surface area contributed by atoms with E-state index in [0.29, 0.717) is 44.8 Å². The van der Waals surface area contributed by atoms with Crippen molar-refractivity contribution in [3.63, 3.8) is 0 Å². The quantitative estimate of drug-likeness (QED) is 0.154. The van der Waals surface area contributed by atoms with Crippen LogP contribution in [0.2, 0.25) is 0 Å². The maximum absolute atomic E-state index is 8.62. The minimum absolute atomic E-state index is 0. The van der Waals surface area contributed by atoms with E-state index in [1.807, 2.05) is 91.1 Å². The van der Waals surface area contributed by atoms with E-state index < -0.39 is 6.85 Å². The molecule has 0 aliphatic carbocycles. The van der Waals surface area contributed by atoms with Crippen LogP contribution in [0.3, 0.4) is 0 Å². The monoisotopic (exact) mass is 1030 g/mol. The number of aryl methyl sites for hydroxylation is 1. The molecule has 0 N–H and O–H groups in total. The molecule has 0 spiro atoms. The van der Waals surface area contributed by atoms with Crippen LogP contribution in [-0.2, 0) is 25.5 Å². The van der Waals surface area contributed by atoms with Gasteiger partial charge in [-0.15, -0.1) is 54.1 Å². The molecule has 0 atom stereocenters. The topological polar surface area (TPSA) is 82.8 Å². The van der Waals surface area contributed by atoms with E-state index in [4.69, 9.17) is 22.9 Å². The summed E-state index contributed by atoms with van der Waals surface area (Å²) in [6.07, 6.45) is 1.81. The molecule has 0 fully saturated rings. The Bertz CT molecular complexity index is 3600. The van der Waals surface area contributed by atoms with Gasteiger partial charge in [0.2, 0.25) is 5.71 Å². The van der Waals surface area contributed by atoms with Crippen LogP contribution in [0.1, 0.15) is 86.8 Å². The van der Waals surface area contributed by atoms with E-state index in [1.165, 1.54) is 0 Å². The molecule has 8 heteroatoms. The fraction of sp³-hybridized carbons (Fsp3) is 0.193. The summed E-state index contributed by atoms with van der Waals surface area (Å²) < 4.78 is 40.7. The summed E-state index contributed by atoms with van der Waals surface area (Å²) in [5.41, 5.74) is 12.5. The Morgan fingerprint density at radius 3 is 2.14 bits per heavy atom. The molecule has 1 radical (unpaired) electrons. The Kier molecular flexibility index (Phi) is 10.6. The van der Waals surface area contributed by atoms with Crippen molar-refractivity contribution in [3.8, 4) is 39.6 Å². The van der Waals surface area contributed by atoms with Gasteiger partial charge in [-0.1, -0.05) is 115 Å². The molecular weight excluding hydrogens is 979 g/mol. The number of imidazole rings is 1. The Morgan fingerprint density at radius 1 is 0.662 bits per heavy atom. The molecule has 0 saturated heterocycles. The zero-order valence-electron chi connectivity index (χ0n) is 40.3. The number of hydrogen-bond donors (Lipinski definition) is 0. The van der Waals surface area contributed by atoms with Crippen LogP contribution in [0, 0.1) is 19.0 Å².